The van der Waals surface area contributed by atoms with Crippen LogP contribution in [0.3, 0.4) is 0 Å². The lowest BCUT2D eigenvalue weighted by Crippen LogP contribution is -2.49. The highest BCUT2D eigenvalue weighted by Gasteiger charge is 2.19. The molecule has 144 valence electrons. The van der Waals surface area contributed by atoms with E-state index in [1.807, 2.05) is 11.8 Å². The third kappa shape index (κ3) is 7.83. The Bertz CT molecular complexity index is 565. The van der Waals surface area contributed by atoms with Crippen molar-refractivity contribution in [3.05, 3.63) is 42.5 Å². The fourth-order valence-electron chi connectivity index (χ4n) is 3.12. The van der Waals surface area contributed by atoms with E-state index in [0.717, 1.165) is 51.5 Å². The number of guanidine groups is 1. The molecule has 1 heterocycles. The van der Waals surface area contributed by atoms with Crippen LogP contribution >= 0.6 is 11.8 Å². The van der Waals surface area contributed by atoms with Crippen LogP contribution in [0.1, 0.15) is 33.6 Å². The van der Waals surface area contributed by atoms with E-state index in [0.29, 0.717) is 11.3 Å². The Labute approximate surface area is 163 Å². The summed E-state index contributed by atoms with van der Waals surface area (Å²) in [5, 5.41) is 7.47. The first kappa shape index (κ1) is 20.8. The first-order chi connectivity index (χ1) is 12.6. The van der Waals surface area contributed by atoms with Crippen LogP contribution in [0.25, 0.3) is 0 Å². The van der Waals surface area contributed by atoms with Crippen LogP contribution in [0, 0.1) is 0 Å². The van der Waals surface area contributed by atoms with Crippen molar-refractivity contribution >= 4 is 17.7 Å². The topological polar surface area (TPSA) is 39.7 Å². The number of piperidine rings is 1. The summed E-state index contributed by atoms with van der Waals surface area (Å²) >= 11 is 1.88. The van der Waals surface area contributed by atoms with E-state index < -0.39 is 0 Å². The molecule has 0 saturated carbocycles. The van der Waals surface area contributed by atoms with Gasteiger partial charge in [-0.25, -0.2) is 0 Å². The number of hydrogen-bond donors (Lipinski definition) is 2. The predicted molar refractivity (Wildman–Crippen MR) is 115 cm³/mol. The molecule has 4 nitrogen and oxygen atoms in total. The van der Waals surface area contributed by atoms with E-state index in [1.165, 1.54) is 10.5 Å². The number of likely N-dealkylation sites (tertiary alicyclic amines) is 1. The molecule has 1 atom stereocenters. The van der Waals surface area contributed by atoms with E-state index in [2.05, 4.69) is 73.2 Å². The Morgan fingerprint density at radius 2 is 2.00 bits per heavy atom. The second kappa shape index (κ2) is 11.3. The van der Waals surface area contributed by atoms with Crippen molar-refractivity contribution in [2.45, 2.75) is 49.8 Å². The highest BCUT2D eigenvalue weighted by atomic mass is 32.2. The third-order valence-corrected chi connectivity index (χ3v) is 5.45. The molecule has 5 heteroatoms. The molecule has 2 rings (SSSR count). The Kier molecular flexibility index (Phi) is 9.06. The molecule has 0 spiro atoms. The van der Waals surface area contributed by atoms with Crippen molar-refractivity contribution < 1.29 is 0 Å². The lowest BCUT2D eigenvalue weighted by Gasteiger charge is -2.33. The zero-order valence-corrected chi connectivity index (χ0v) is 17.3. The number of thioether (sulfide) groups is 1. The third-order valence-electron chi connectivity index (χ3n) is 4.35. The number of rotatable bonds is 8. The lowest BCUT2D eigenvalue weighted by atomic mass is 10.0. The van der Waals surface area contributed by atoms with E-state index in [9.17, 15) is 0 Å². The number of nitrogens with one attached hydrogen (secondary N) is 2. The van der Waals surface area contributed by atoms with Gasteiger partial charge in [-0.1, -0.05) is 37.3 Å². The SMILES string of the molecule is C=C(C)CN1CCC(NC(=NCC(C)Sc2ccccc2)NCC)CC1. The minimum absolute atomic E-state index is 0.449. The fourth-order valence-corrected chi connectivity index (χ4v) is 4.05. The summed E-state index contributed by atoms with van der Waals surface area (Å²) in [6.07, 6.45) is 2.32. The standard InChI is InChI=1S/C21H34N4S/c1-5-22-21(23-15-18(4)26-20-9-7-6-8-10-20)24-19-11-13-25(14-12-19)16-17(2)3/h6-10,18-19H,2,5,11-16H2,1,3-4H3,(H2,22,23,24). The number of hydrogen-bond acceptors (Lipinski definition) is 3. The van der Waals surface area contributed by atoms with Gasteiger partial charge in [-0.3, -0.25) is 9.89 Å². The van der Waals surface area contributed by atoms with Gasteiger partial charge in [0, 0.05) is 42.4 Å². The van der Waals surface area contributed by atoms with Crippen LogP contribution in [-0.4, -0.2) is 54.9 Å². The average molecular weight is 375 g/mol. The summed E-state index contributed by atoms with van der Waals surface area (Å²) in [5.41, 5.74) is 1.25. The fraction of sp³-hybridized carbons (Fsp3) is 0.571. The first-order valence-electron chi connectivity index (χ1n) is 9.70. The zero-order valence-electron chi connectivity index (χ0n) is 16.5. The van der Waals surface area contributed by atoms with Crippen molar-refractivity contribution in [2.75, 3.05) is 32.7 Å². The summed E-state index contributed by atoms with van der Waals surface area (Å²) < 4.78 is 0. The molecule has 0 bridgehead atoms. The van der Waals surface area contributed by atoms with Gasteiger partial charge in [0.15, 0.2) is 5.96 Å². The molecule has 26 heavy (non-hydrogen) atoms. The molecular formula is C21H34N4S. The molecule has 2 N–H and O–H groups in total. The quantitative estimate of drug-likeness (QED) is 0.315. The van der Waals surface area contributed by atoms with Crippen molar-refractivity contribution in [3.8, 4) is 0 Å². The van der Waals surface area contributed by atoms with Crippen LogP contribution in [0.2, 0.25) is 0 Å². The first-order valence-corrected chi connectivity index (χ1v) is 10.6. The molecule has 1 aliphatic heterocycles. The monoisotopic (exact) mass is 374 g/mol. The summed E-state index contributed by atoms with van der Waals surface area (Å²) in [4.78, 5) is 8.61. The number of nitrogens with zero attached hydrogens (tertiary/aromatic N) is 2. The van der Waals surface area contributed by atoms with E-state index >= 15 is 0 Å². The average Bonchev–Trinajstić information content (AvgIpc) is 2.62. The molecular weight excluding hydrogens is 340 g/mol. The molecule has 1 aromatic carbocycles. The Hall–Kier alpha value is -1.46. The highest BCUT2D eigenvalue weighted by molar-refractivity contribution is 8.00. The zero-order chi connectivity index (χ0) is 18.8. The van der Waals surface area contributed by atoms with Gasteiger partial charge in [0.2, 0.25) is 0 Å². The van der Waals surface area contributed by atoms with Crippen molar-refractivity contribution in [2.24, 2.45) is 4.99 Å². The van der Waals surface area contributed by atoms with Gasteiger partial charge in [0.25, 0.3) is 0 Å². The maximum atomic E-state index is 4.82. The van der Waals surface area contributed by atoms with E-state index in [-0.39, 0.29) is 0 Å². The van der Waals surface area contributed by atoms with Crippen molar-refractivity contribution in [3.63, 3.8) is 0 Å². The Morgan fingerprint density at radius 3 is 2.62 bits per heavy atom. The van der Waals surface area contributed by atoms with Gasteiger partial charge in [0.05, 0.1) is 6.54 Å². The van der Waals surface area contributed by atoms with Crippen LogP contribution in [0.5, 0.6) is 0 Å². The molecule has 0 aliphatic carbocycles. The van der Waals surface area contributed by atoms with Crippen LogP contribution in [-0.2, 0) is 0 Å². The molecule has 1 aliphatic rings. The summed E-state index contributed by atoms with van der Waals surface area (Å²) in [6, 6.07) is 11.1. The van der Waals surface area contributed by atoms with Gasteiger partial charge < -0.3 is 10.6 Å². The maximum absolute atomic E-state index is 4.82. The molecule has 0 aromatic heterocycles. The second-order valence-corrected chi connectivity index (χ2v) is 8.62. The minimum atomic E-state index is 0.449. The summed E-state index contributed by atoms with van der Waals surface area (Å²) in [5.74, 6) is 0.950. The minimum Gasteiger partial charge on any atom is -0.357 e. The largest absolute Gasteiger partial charge is 0.357 e. The highest BCUT2D eigenvalue weighted by Crippen LogP contribution is 2.22. The van der Waals surface area contributed by atoms with Gasteiger partial charge in [0.1, 0.15) is 0 Å². The van der Waals surface area contributed by atoms with Crippen LogP contribution in [0.15, 0.2) is 52.4 Å². The van der Waals surface area contributed by atoms with E-state index in [1.54, 1.807) is 0 Å². The van der Waals surface area contributed by atoms with Gasteiger partial charge in [-0.05, 0) is 38.8 Å². The molecule has 1 saturated heterocycles. The van der Waals surface area contributed by atoms with E-state index in [4.69, 9.17) is 4.99 Å². The smallest absolute Gasteiger partial charge is 0.191 e. The van der Waals surface area contributed by atoms with Gasteiger partial charge in [-0.15, -0.1) is 11.8 Å². The molecule has 1 unspecified atom stereocenters. The lowest BCUT2D eigenvalue weighted by molar-refractivity contribution is 0.221. The van der Waals surface area contributed by atoms with Gasteiger partial charge in [-0.2, -0.15) is 0 Å². The summed E-state index contributed by atoms with van der Waals surface area (Å²) in [6.45, 7) is 15.5. The second-order valence-electron chi connectivity index (χ2n) is 7.11. The number of aliphatic imine (C=N–C) groups is 1. The molecule has 0 radical (unpaired) electrons. The van der Waals surface area contributed by atoms with Crippen LogP contribution < -0.4 is 10.6 Å². The van der Waals surface area contributed by atoms with Crippen molar-refractivity contribution in [1.29, 1.82) is 0 Å². The van der Waals surface area contributed by atoms with Gasteiger partial charge >= 0.3 is 0 Å². The maximum Gasteiger partial charge on any atom is 0.191 e. The molecule has 1 fully saturated rings. The Balaban J connectivity index is 1.80. The number of benzene rings is 1. The van der Waals surface area contributed by atoms with Crippen LogP contribution in [0.4, 0.5) is 0 Å². The molecule has 1 aromatic rings. The summed E-state index contributed by atoms with van der Waals surface area (Å²) in [7, 11) is 0. The normalized spacial score (nSPS) is 17.7. The molecule has 0 amide bonds. The van der Waals surface area contributed by atoms with Crippen molar-refractivity contribution in [1.82, 2.24) is 15.5 Å². The predicted octanol–water partition coefficient (Wildman–Crippen LogP) is 3.76. The Morgan fingerprint density at radius 1 is 1.31 bits per heavy atom.